The fourth-order valence-electron chi connectivity index (χ4n) is 2.59. The van der Waals surface area contributed by atoms with E-state index in [4.69, 9.17) is 9.47 Å². The topological polar surface area (TPSA) is 55.8 Å². The number of piperidine rings is 1. The Morgan fingerprint density at radius 3 is 2.55 bits per heavy atom. The fourth-order valence-corrected chi connectivity index (χ4v) is 2.59. The van der Waals surface area contributed by atoms with Crippen molar-refractivity contribution < 1.29 is 19.1 Å². The van der Waals surface area contributed by atoms with Gasteiger partial charge in [0.15, 0.2) is 5.78 Å². The van der Waals surface area contributed by atoms with Crippen molar-refractivity contribution in [3.05, 3.63) is 29.8 Å². The normalized spacial score (nSPS) is 19.0. The van der Waals surface area contributed by atoms with E-state index in [0.717, 1.165) is 5.56 Å². The zero-order valence-electron chi connectivity index (χ0n) is 13.6. The van der Waals surface area contributed by atoms with Gasteiger partial charge in [0.25, 0.3) is 0 Å². The van der Waals surface area contributed by atoms with Gasteiger partial charge in [-0.05, 0) is 33.3 Å². The summed E-state index contributed by atoms with van der Waals surface area (Å²) < 4.78 is 10.7. The van der Waals surface area contributed by atoms with Gasteiger partial charge in [-0.15, -0.1) is 0 Å². The van der Waals surface area contributed by atoms with Crippen molar-refractivity contribution in [2.24, 2.45) is 0 Å². The minimum atomic E-state index is -0.556. The third kappa shape index (κ3) is 3.78. The molecule has 22 heavy (non-hydrogen) atoms. The first-order chi connectivity index (χ1) is 10.3. The maximum Gasteiger partial charge on any atom is 0.410 e. The van der Waals surface area contributed by atoms with Gasteiger partial charge in [0, 0.05) is 18.0 Å². The predicted octanol–water partition coefficient (Wildman–Crippen LogP) is 2.99. The van der Waals surface area contributed by atoms with Crippen LogP contribution >= 0.6 is 0 Å². The molecule has 5 nitrogen and oxygen atoms in total. The van der Waals surface area contributed by atoms with E-state index in [0.29, 0.717) is 18.7 Å². The molecule has 1 saturated heterocycles. The standard InChI is InChI=1S/C17H23NO4/c1-17(2,3)22-16(20)18-10-9-12(14(19)11-18)13-7-5-6-8-15(13)21-4/h5-8,12H,9-11H2,1-4H3/t12-/m0/s1. The summed E-state index contributed by atoms with van der Waals surface area (Å²) in [5, 5.41) is 0. The lowest BCUT2D eigenvalue weighted by atomic mass is 9.88. The summed E-state index contributed by atoms with van der Waals surface area (Å²) in [5.41, 5.74) is 0.332. The molecule has 1 aromatic carbocycles. The van der Waals surface area contributed by atoms with Crippen molar-refractivity contribution in [1.29, 1.82) is 0 Å². The highest BCUT2D eigenvalue weighted by Crippen LogP contribution is 2.32. The molecule has 2 rings (SSSR count). The van der Waals surface area contributed by atoms with E-state index in [9.17, 15) is 9.59 Å². The number of nitrogens with zero attached hydrogens (tertiary/aromatic N) is 1. The van der Waals surface area contributed by atoms with Crippen LogP contribution in [0.3, 0.4) is 0 Å². The van der Waals surface area contributed by atoms with Gasteiger partial charge in [-0.1, -0.05) is 18.2 Å². The molecule has 1 aliphatic heterocycles. The summed E-state index contributed by atoms with van der Waals surface area (Å²) in [7, 11) is 1.60. The number of Topliss-reactive ketones (excluding diaryl/α,β-unsaturated/α-hetero) is 1. The van der Waals surface area contributed by atoms with Crippen LogP contribution in [-0.2, 0) is 9.53 Å². The van der Waals surface area contributed by atoms with Crippen molar-refractivity contribution in [2.45, 2.75) is 38.7 Å². The molecule has 1 atom stereocenters. The predicted molar refractivity (Wildman–Crippen MR) is 83.2 cm³/mol. The zero-order valence-corrected chi connectivity index (χ0v) is 13.6. The Morgan fingerprint density at radius 1 is 1.27 bits per heavy atom. The Kier molecular flexibility index (Phi) is 4.74. The molecule has 120 valence electrons. The highest BCUT2D eigenvalue weighted by atomic mass is 16.6. The number of likely N-dealkylation sites (tertiary alicyclic amines) is 1. The number of amides is 1. The first-order valence-corrected chi connectivity index (χ1v) is 7.45. The van der Waals surface area contributed by atoms with E-state index < -0.39 is 11.7 Å². The quantitative estimate of drug-likeness (QED) is 0.843. The summed E-state index contributed by atoms with van der Waals surface area (Å²) in [6.07, 6.45) is 0.151. The van der Waals surface area contributed by atoms with Crippen LogP contribution in [0.4, 0.5) is 4.79 Å². The summed E-state index contributed by atoms with van der Waals surface area (Å²) in [5.74, 6) is 0.503. The first kappa shape index (κ1) is 16.3. The van der Waals surface area contributed by atoms with Crippen molar-refractivity contribution in [1.82, 2.24) is 4.90 Å². The summed E-state index contributed by atoms with van der Waals surface area (Å²) in [6, 6.07) is 7.53. The van der Waals surface area contributed by atoms with Crippen LogP contribution in [0.15, 0.2) is 24.3 Å². The highest BCUT2D eigenvalue weighted by molar-refractivity contribution is 5.91. The molecule has 0 bridgehead atoms. The number of benzene rings is 1. The number of rotatable bonds is 2. The van der Waals surface area contributed by atoms with Gasteiger partial charge in [0.05, 0.1) is 13.7 Å². The molecule has 0 aliphatic carbocycles. The van der Waals surface area contributed by atoms with Crippen molar-refractivity contribution in [2.75, 3.05) is 20.2 Å². The van der Waals surface area contributed by atoms with Crippen LogP contribution in [0, 0.1) is 0 Å². The molecule has 0 saturated carbocycles. The Hall–Kier alpha value is -2.04. The highest BCUT2D eigenvalue weighted by Gasteiger charge is 2.33. The summed E-state index contributed by atoms with van der Waals surface area (Å²) in [6.45, 7) is 6.03. The second kappa shape index (κ2) is 6.38. The van der Waals surface area contributed by atoms with Crippen LogP contribution in [0.2, 0.25) is 0 Å². The van der Waals surface area contributed by atoms with E-state index in [2.05, 4.69) is 0 Å². The molecule has 1 aromatic rings. The average Bonchev–Trinajstić information content (AvgIpc) is 2.45. The van der Waals surface area contributed by atoms with Crippen LogP contribution in [0.5, 0.6) is 5.75 Å². The number of hydrogen-bond acceptors (Lipinski definition) is 4. The molecule has 0 spiro atoms. The number of ketones is 1. The Morgan fingerprint density at radius 2 is 1.95 bits per heavy atom. The molecule has 0 radical (unpaired) electrons. The third-order valence-corrected chi connectivity index (χ3v) is 3.59. The van der Waals surface area contributed by atoms with Gasteiger partial charge < -0.3 is 14.4 Å². The van der Waals surface area contributed by atoms with Crippen LogP contribution in [0.25, 0.3) is 0 Å². The Labute approximate surface area is 131 Å². The third-order valence-electron chi connectivity index (χ3n) is 3.59. The van der Waals surface area contributed by atoms with E-state index >= 15 is 0 Å². The minimum Gasteiger partial charge on any atom is -0.496 e. The van der Waals surface area contributed by atoms with Gasteiger partial charge in [0.1, 0.15) is 11.4 Å². The minimum absolute atomic E-state index is 0.0154. The van der Waals surface area contributed by atoms with Gasteiger partial charge >= 0.3 is 6.09 Å². The van der Waals surface area contributed by atoms with Crippen LogP contribution in [0.1, 0.15) is 38.7 Å². The maximum atomic E-state index is 12.4. The van der Waals surface area contributed by atoms with Gasteiger partial charge in [-0.25, -0.2) is 4.79 Å². The van der Waals surface area contributed by atoms with E-state index in [-0.39, 0.29) is 18.2 Å². The first-order valence-electron chi connectivity index (χ1n) is 7.45. The molecule has 0 N–H and O–H groups in total. The van der Waals surface area contributed by atoms with Crippen LogP contribution in [-0.4, -0.2) is 42.6 Å². The van der Waals surface area contributed by atoms with Crippen molar-refractivity contribution in [3.8, 4) is 5.75 Å². The van der Waals surface area contributed by atoms with Crippen molar-refractivity contribution in [3.63, 3.8) is 0 Å². The SMILES string of the molecule is COc1ccccc1[C@@H]1CCN(C(=O)OC(C)(C)C)CC1=O. The van der Waals surface area contributed by atoms with E-state index in [1.165, 1.54) is 4.90 Å². The molecule has 0 aromatic heterocycles. The molecular formula is C17H23NO4. The molecule has 5 heteroatoms. The lowest BCUT2D eigenvalue weighted by molar-refractivity contribution is -0.123. The summed E-state index contributed by atoms with van der Waals surface area (Å²) in [4.78, 5) is 26.0. The molecule has 0 unspecified atom stereocenters. The Balaban J connectivity index is 2.07. The maximum absolute atomic E-state index is 12.4. The monoisotopic (exact) mass is 305 g/mol. The second-order valence-corrected chi connectivity index (χ2v) is 6.45. The zero-order chi connectivity index (χ0) is 16.3. The van der Waals surface area contributed by atoms with Crippen LogP contribution < -0.4 is 4.74 Å². The molecule has 1 amide bonds. The Bertz CT molecular complexity index is 562. The number of para-hydroxylation sites is 1. The lowest BCUT2D eigenvalue weighted by Crippen LogP contribution is -2.45. The molecule has 1 aliphatic rings. The van der Waals surface area contributed by atoms with Gasteiger partial charge in [-0.3, -0.25) is 4.79 Å². The summed E-state index contributed by atoms with van der Waals surface area (Å²) >= 11 is 0. The number of carbonyl (C=O) groups is 2. The number of carbonyl (C=O) groups excluding carboxylic acids is 2. The number of ether oxygens (including phenoxy) is 2. The molecule has 1 heterocycles. The van der Waals surface area contributed by atoms with Gasteiger partial charge in [-0.2, -0.15) is 0 Å². The van der Waals surface area contributed by atoms with E-state index in [1.54, 1.807) is 7.11 Å². The van der Waals surface area contributed by atoms with Gasteiger partial charge in [0.2, 0.25) is 0 Å². The average molecular weight is 305 g/mol. The lowest BCUT2D eigenvalue weighted by Gasteiger charge is -2.33. The number of methoxy groups -OCH3 is 1. The van der Waals surface area contributed by atoms with E-state index in [1.807, 2.05) is 45.0 Å². The van der Waals surface area contributed by atoms with Crippen molar-refractivity contribution >= 4 is 11.9 Å². The largest absolute Gasteiger partial charge is 0.496 e. The number of hydrogen-bond donors (Lipinski definition) is 0. The smallest absolute Gasteiger partial charge is 0.410 e. The second-order valence-electron chi connectivity index (χ2n) is 6.45. The molecular weight excluding hydrogens is 282 g/mol. The molecule has 1 fully saturated rings. The fraction of sp³-hybridized carbons (Fsp3) is 0.529.